The molecule has 3 aliphatic carbocycles. The summed E-state index contributed by atoms with van der Waals surface area (Å²) in [6, 6.07) is 21.1. The van der Waals surface area contributed by atoms with Crippen molar-refractivity contribution in [1.82, 2.24) is 5.01 Å². The van der Waals surface area contributed by atoms with E-state index < -0.39 is 11.8 Å². The van der Waals surface area contributed by atoms with Crippen LogP contribution in [0.5, 0.6) is 11.5 Å². The second-order valence-corrected chi connectivity index (χ2v) is 8.66. The Morgan fingerprint density at radius 3 is 1.88 bits per heavy atom. The Morgan fingerprint density at radius 2 is 1.39 bits per heavy atom. The Bertz CT molecular complexity index is 1220. The molecule has 7 rings (SSSR count). The van der Waals surface area contributed by atoms with Crippen molar-refractivity contribution in [3.05, 3.63) is 94.5 Å². The second kappa shape index (κ2) is 7.30. The highest BCUT2D eigenvalue weighted by Gasteiger charge is 2.61. The van der Waals surface area contributed by atoms with E-state index in [1.54, 1.807) is 12.1 Å². The number of hydrogen-bond acceptors (Lipinski definition) is 5. The molecule has 0 aromatic heterocycles. The predicted molar refractivity (Wildman–Crippen MR) is 122 cm³/mol. The van der Waals surface area contributed by atoms with Gasteiger partial charge < -0.3 is 9.84 Å². The molecule has 4 aliphatic rings. The van der Waals surface area contributed by atoms with E-state index in [9.17, 15) is 14.7 Å². The summed E-state index contributed by atoms with van der Waals surface area (Å²) in [5, 5.41) is 15.3. The molecule has 6 heteroatoms. The molecule has 2 atom stereocenters. The van der Waals surface area contributed by atoms with E-state index in [1.165, 1.54) is 12.3 Å². The normalized spacial score (nSPS) is 24.7. The summed E-state index contributed by atoms with van der Waals surface area (Å²) in [5.74, 6) is -1.37. The molecular weight excluding hydrogens is 416 g/mol. The number of phenolic OH excluding ortho intramolecular Hbond substituents is 1. The minimum atomic E-state index is -0.455. The SMILES string of the molecule is CCOc1cc(/C=N\N2C(=O)[C@H]3C4c5ccccc5C(c5ccccc54)[C@@H]3C2=O)ccc1O. The van der Waals surface area contributed by atoms with Crippen LogP contribution in [0.4, 0.5) is 0 Å². The fourth-order valence-electron chi connectivity index (χ4n) is 5.78. The summed E-state index contributed by atoms with van der Waals surface area (Å²) in [6.07, 6.45) is 1.47. The number of amides is 2. The molecule has 1 N–H and O–H groups in total. The maximum atomic E-state index is 13.5. The minimum absolute atomic E-state index is 0.0282. The van der Waals surface area contributed by atoms with Gasteiger partial charge in [-0.05, 0) is 52.9 Å². The molecule has 1 saturated heterocycles. The van der Waals surface area contributed by atoms with Crippen LogP contribution < -0.4 is 4.74 Å². The Kier molecular flexibility index (Phi) is 4.37. The lowest BCUT2D eigenvalue weighted by Crippen LogP contribution is -2.41. The first-order valence-corrected chi connectivity index (χ1v) is 11.2. The molecule has 0 radical (unpaired) electrons. The second-order valence-electron chi connectivity index (χ2n) is 8.66. The van der Waals surface area contributed by atoms with Gasteiger partial charge in [-0.2, -0.15) is 10.1 Å². The summed E-state index contributed by atoms with van der Waals surface area (Å²) in [4.78, 5) is 27.1. The van der Waals surface area contributed by atoms with Crippen LogP contribution in [-0.4, -0.2) is 34.8 Å². The smallest absolute Gasteiger partial charge is 0.254 e. The lowest BCUT2D eigenvalue weighted by atomic mass is 9.55. The zero-order chi connectivity index (χ0) is 22.7. The number of benzene rings is 3. The van der Waals surface area contributed by atoms with Crippen molar-refractivity contribution in [1.29, 1.82) is 0 Å². The molecule has 2 bridgehead atoms. The van der Waals surface area contributed by atoms with E-state index in [0.717, 1.165) is 27.3 Å². The Morgan fingerprint density at radius 1 is 0.879 bits per heavy atom. The van der Waals surface area contributed by atoms with Crippen LogP contribution in [0.25, 0.3) is 0 Å². The number of phenols is 1. The molecule has 1 heterocycles. The lowest BCUT2D eigenvalue weighted by molar-refractivity contribution is -0.139. The molecule has 3 aromatic carbocycles. The maximum Gasteiger partial charge on any atom is 0.254 e. The van der Waals surface area contributed by atoms with Crippen molar-refractivity contribution in [2.24, 2.45) is 16.9 Å². The van der Waals surface area contributed by atoms with Gasteiger partial charge in [-0.15, -0.1) is 0 Å². The third-order valence-corrected chi connectivity index (χ3v) is 7.03. The number of aromatic hydroxyl groups is 1. The molecule has 0 saturated carbocycles. The average Bonchev–Trinajstić information content (AvgIpc) is 3.10. The van der Waals surface area contributed by atoms with E-state index in [4.69, 9.17) is 4.74 Å². The van der Waals surface area contributed by atoms with Crippen LogP contribution in [0.2, 0.25) is 0 Å². The molecule has 1 aliphatic heterocycles. The summed E-state index contributed by atoms with van der Waals surface area (Å²) < 4.78 is 5.42. The van der Waals surface area contributed by atoms with E-state index in [1.807, 2.05) is 31.2 Å². The third kappa shape index (κ3) is 2.76. The third-order valence-electron chi connectivity index (χ3n) is 7.03. The van der Waals surface area contributed by atoms with E-state index >= 15 is 0 Å². The van der Waals surface area contributed by atoms with E-state index in [2.05, 4.69) is 29.4 Å². The van der Waals surface area contributed by atoms with Gasteiger partial charge in [0.15, 0.2) is 11.5 Å². The van der Waals surface area contributed by atoms with Crippen molar-refractivity contribution < 1.29 is 19.4 Å². The number of hydrogen-bond donors (Lipinski definition) is 1. The van der Waals surface area contributed by atoms with Gasteiger partial charge >= 0.3 is 0 Å². The summed E-state index contributed by atoms with van der Waals surface area (Å²) in [5.41, 5.74) is 5.16. The largest absolute Gasteiger partial charge is 0.504 e. The van der Waals surface area contributed by atoms with E-state index in [0.29, 0.717) is 17.9 Å². The molecule has 33 heavy (non-hydrogen) atoms. The van der Waals surface area contributed by atoms with Crippen molar-refractivity contribution in [2.45, 2.75) is 18.8 Å². The molecule has 164 valence electrons. The Hall–Kier alpha value is -3.93. The van der Waals surface area contributed by atoms with Crippen LogP contribution in [-0.2, 0) is 9.59 Å². The minimum Gasteiger partial charge on any atom is -0.504 e. The lowest BCUT2D eigenvalue weighted by Gasteiger charge is -2.45. The van der Waals surface area contributed by atoms with Crippen LogP contribution in [0.3, 0.4) is 0 Å². The van der Waals surface area contributed by atoms with Gasteiger partial charge in [-0.1, -0.05) is 48.5 Å². The standard InChI is InChI=1S/C27H22N2O4/c1-2-33-21-13-15(11-12-20(21)30)14-28-29-26(31)24-22-16-7-3-4-8-17(16)23(25(24)27(29)32)19-10-6-5-9-18(19)22/h3-14,22-25,30H,2H2,1H3/b28-14-/t22?,23?,24-,25-/m0/s1. The van der Waals surface area contributed by atoms with E-state index in [-0.39, 0.29) is 29.4 Å². The fraction of sp³-hybridized carbons (Fsp3) is 0.222. The van der Waals surface area contributed by atoms with Gasteiger partial charge in [0, 0.05) is 11.8 Å². The van der Waals surface area contributed by atoms with Gasteiger partial charge in [-0.25, -0.2) is 0 Å². The number of carbonyl (C=O) groups is 2. The monoisotopic (exact) mass is 438 g/mol. The average molecular weight is 438 g/mol. The van der Waals surface area contributed by atoms with Crippen molar-refractivity contribution in [2.75, 3.05) is 6.61 Å². The number of hydrazone groups is 1. The first kappa shape index (κ1) is 19.7. The van der Waals surface area contributed by atoms with Gasteiger partial charge in [0.05, 0.1) is 24.7 Å². The van der Waals surface area contributed by atoms with Gasteiger partial charge in [0.1, 0.15) is 0 Å². The molecule has 0 spiro atoms. The van der Waals surface area contributed by atoms with Gasteiger partial charge in [0.2, 0.25) is 0 Å². The number of ether oxygens (including phenoxy) is 1. The molecule has 2 amide bonds. The summed E-state index contributed by atoms with van der Waals surface area (Å²) >= 11 is 0. The highest BCUT2D eigenvalue weighted by atomic mass is 16.5. The molecule has 0 unspecified atom stereocenters. The molecule has 1 fully saturated rings. The number of nitrogens with zero attached hydrogens (tertiary/aromatic N) is 2. The molecule has 3 aromatic rings. The van der Waals surface area contributed by atoms with Crippen LogP contribution in [0.1, 0.15) is 46.6 Å². The first-order chi connectivity index (χ1) is 16.1. The number of imide groups is 1. The first-order valence-electron chi connectivity index (χ1n) is 11.2. The highest BCUT2D eigenvalue weighted by Crippen LogP contribution is 2.60. The summed E-state index contributed by atoms with van der Waals surface area (Å²) in [6.45, 7) is 2.23. The van der Waals surface area contributed by atoms with Gasteiger partial charge in [-0.3, -0.25) is 9.59 Å². The topological polar surface area (TPSA) is 79.2 Å². The van der Waals surface area contributed by atoms with Crippen molar-refractivity contribution in [3.63, 3.8) is 0 Å². The molecule has 6 nitrogen and oxygen atoms in total. The quantitative estimate of drug-likeness (QED) is 0.493. The zero-order valence-corrected chi connectivity index (χ0v) is 18.0. The molecular formula is C27H22N2O4. The van der Waals surface area contributed by atoms with Gasteiger partial charge in [0.25, 0.3) is 11.8 Å². The van der Waals surface area contributed by atoms with Crippen LogP contribution in [0.15, 0.2) is 71.8 Å². The van der Waals surface area contributed by atoms with Crippen LogP contribution in [0, 0.1) is 11.8 Å². The predicted octanol–water partition coefficient (Wildman–Crippen LogP) is 4.02. The van der Waals surface area contributed by atoms with Crippen molar-refractivity contribution in [3.8, 4) is 11.5 Å². The zero-order valence-electron chi connectivity index (χ0n) is 18.0. The fourth-order valence-corrected chi connectivity index (χ4v) is 5.78. The highest BCUT2D eigenvalue weighted by molar-refractivity contribution is 6.08. The Balaban J connectivity index is 1.39. The number of rotatable bonds is 4. The maximum absolute atomic E-state index is 13.5. The summed E-state index contributed by atoms with van der Waals surface area (Å²) in [7, 11) is 0. The Labute approximate surface area is 191 Å². The van der Waals surface area contributed by atoms with Crippen LogP contribution >= 0.6 is 0 Å². The number of carbonyl (C=O) groups excluding carboxylic acids is 2. The van der Waals surface area contributed by atoms with Crippen molar-refractivity contribution >= 4 is 18.0 Å².